The number of carbonyl (C=O) groups excluding carboxylic acids is 1. The molecule has 9 heteroatoms. The van der Waals surface area contributed by atoms with E-state index in [1.54, 1.807) is 6.07 Å². The fraction of sp³-hybridized carbons (Fsp3) is 0.100. The van der Waals surface area contributed by atoms with Gasteiger partial charge in [-0.1, -0.05) is 48.2 Å². The number of nitrogens with one attached hydrogen (secondary N) is 2. The van der Waals surface area contributed by atoms with Crippen LogP contribution in [0.5, 0.6) is 0 Å². The summed E-state index contributed by atoms with van der Waals surface area (Å²) in [5.74, 6) is -0.767. The van der Waals surface area contributed by atoms with Crippen LogP contribution in [0.25, 0.3) is 16.8 Å². The van der Waals surface area contributed by atoms with Gasteiger partial charge in [0, 0.05) is 11.3 Å². The van der Waals surface area contributed by atoms with Crippen molar-refractivity contribution in [1.29, 1.82) is 0 Å². The Kier molecular flexibility index (Phi) is 5.13. The molecule has 7 nitrogen and oxygen atoms in total. The van der Waals surface area contributed by atoms with E-state index in [2.05, 4.69) is 20.4 Å². The predicted octanol–water partition coefficient (Wildman–Crippen LogP) is 3.26. The van der Waals surface area contributed by atoms with Gasteiger partial charge in [0.05, 0.1) is 11.4 Å². The summed E-state index contributed by atoms with van der Waals surface area (Å²) in [6.07, 6.45) is 0. The molecule has 4 aromatic rings. The minimum atomic E-state index is -0.437. The van der Waals surface area contributed by atoms with Gasteiger partial charge < -0.3 is 5.32 Å². The SMILES string of the molecule is Cc1nn2c(=O)[nH]c(SCC(=O)Nc3cccc(F)c3)nc2c1-c1ccccc1. The number of aromatic nitrogens is 4. The van der Waals surface area contributed by atoms with E-state index in [9.17, 15) is 14.0 Å². The Hall–Kier alpha value is -3.46. The smallest absolute Gasteiger partial charge is 0.325 e. The van der Waals surface area contributed by atoms with Crippen molar-refractivity contribution in [3.63, 3.8) is 0 Å². The number of rotatable bonds is 5. The van der Waals surface area contributed by atoms with Crippen LogP contribution in [0, 0.1) is 12.7 Å². The zero-order chi connectivity index (χ0) is 20.4. The monoisotopic (exact) mass is 409 g/mol. The molecule has 146 valence electrons. The van der Waals surface area contributed by atoms with E-state index in [0.717, 1.165) is 22.9 Å². The summed E-state index contributed by atoms with van der Waals surface area (Å²) >= 11 is 1.08. The molecule has 0 fully saturated rings. The Morgan fingerprint density at radius 1 is 1.21 bits per heavy atom. The second kappa shape index (κ2) is 7.88. The number of H-pyrrole nitrogens is 1. The number of carbonyl (C=O) groups is 1. The van der Waals surface area contributed by atoms with E-state index < -0.39 is 11.5 Å². The molecule has 4 rings (SSSR count). The summed E-state index contributed by atoms with van der Waals surface area (Å²) in [5, 5.41) is 7.18. The minimum absolute atomic E-state index is 0.00339. The van der Waals surface area contributed by atoms with Gasteiger partial charge >= 0.3 is 5.69 Å². The van der Waals surface area contributed by atoms with E-state index in [-0.39, 0.29) is 11.7 Å². The Labute approximate surface area is 169 Å². The fourth-order valence-corrected chi connectivity index (χ4v) is 3.59. The van der Waals surface area contributed by atoms with E-state index in [0.29, 0.717) is 22.2 Å². The molecular formula is C20H16FN5O2S. The number of benzene rings is 2. The molecule has 1 amide bonds. The summed E-state index contributed by atoms with van der Waals surface area (Å²) in [6, 6.07) is 15.2. The Morgan fingerprint density at radius 3 is 2.76 bits per heavy atom. The van der Waals surface area contributed by atoms with Crippen LogP contribution in [0.2, 0.25) is 0 Å². The number of hydrogen-bond acceptors (Lipinski definition) is 5. The predicted molar refractivity (Wildman–Crippen MR) is 110 cm³/mol. The van der Waals surface area contributed by atoms with Crippen LogP contribution in [0.1, 0.15) is 5.69 Å². The van der Waals surface area contributed by atoms with Crippen LogP contribution in [0.15, 0.2) is 64.5 Å². The van der Waals surface area contributed by atoms with Crippen LogP contribution in [0.4, 0.5) is 10.1 Å². The van der Waals surface area contributed by atoms with Crippen molar-refractivity contribution in [1.82, 2.24) is 19.6 Å². The highest BCUT2D eigenvalue weighted by molar-refractivity contribution is 7.99. The maximum atomic E-state index is 13.2. The van der Waals surface area contributed by atoms with Crippen LogP contribution in [0.3, 0.4) is 0 Å². The number of thioether (sulfide) groups is 1. The Balaban J connectivity index is 1.58. The Morgan fingerprint density at radius 2 is 2.00 bits per heavy atom. The normalized spacial score (nSPS) is 11.0. The van der Waals surface area contributed by atoms with Crippen LogP contribution in [-0.2, 0) is 4.79 Å². The number of anilines is 1. The van der Waals surface area contributed by atoms with E-state index >= 15 is 0 Å². The molecule has 2 aromatic carbocycles. The van der Waals surface area contributed by atoms with Gasteiger partial charge in [-0.15, -0.1) is 0 Å². The molecule has 0 atom stereocenters. The third kappa shape index (κ3) is 4.04. The maximum absolute atomic E-state index is 13.2. The standard InChI is InChI=1S/C20H16FN5O2S/c1-12-17(13-6-3-2-4-7-13)18-23-19(24-20(28)26(18)25-12)29-11-16(27)22-15-9-5-8-14(21)10-15/h2-10H,11H2,1H3,(H,22,27)(H,23,24,28). The highest BCUT2D eigenvalue weighted by Crippen LogP contribution is 2.27. The van der Waals surface area contributed by atoms with Crippen molar-refractivity contribution >= 4 is 29.0 Å². The molecular weight excluding hydrogens is 393 g/mol. The molecule has 29 heavy (non-hydrogen) atoms. The zero-order valence-corrected chi connectivity index (χ0v) is 16.2. The van der Waals surface area contributed by atoms with Gasteiger partial charge in [0.2, 0.25) is 5.91 Å². The molecule has 2 heterocycles. The molecule has 0 spiro atoms. The molecule has 2 N–H and O–H groups in total. The first-order valence-electron chi connectivity index (χ1n) is 8.74. The molecule has 0 aliphatic rings. The highest BCUT2D eigenvalue weighted by atomic mass is 32.2. The van der Waals surface area contributed by atoms with Crippen LogP contribution < -0.4 is 11.0 Å². The first-order valence-corrected chi connectivity index (χ1v) is 9.73. The van der Waals surface area contributed by atoms with Gasteiger partial charge in [-0.25, -0.2) is 14.2 Å². The summed E-state index contributed by atoms with van der Waals surface area (Å²) in [5.41, 5.74) is 2.70. The van der Waals surface area contributed by atoms with Gasteiger partial charge in [-0.05, 0) is 30.7 Å². The van der Waals surface area contributed by atoms with Crippen molar-refractivity contribution < 1.29 is 9.18 Å². The summed E-state index contributed by atoms with van der Waals surface area (Å²) < 4.78 is 14.4. The number of aryl methyl sites for hydroxylation is 1. The average molecular weight is 409 g/mol. The molecule has 0 bridgehead atoms. The summed E-state index contributed by atoms with van der Waals surface area (Å²) in [6.45, 7) is 1.82. The molecule has 2 aromatic heterocycles. The van der Waals surface area contributed by atoms with Gasteiger partial charge in [-0.2, -0.15) is 9.61 Å². The zero-order valence-electron chi connectivity index (χ0n) is 15.3. The number of nitrogens with zero attached hydrogens (tertiary/aromatic N) is 3. The highest BCUT2D eigenvalue weighted by Gasteiger charge is 2.16. The third-order valence-corrected chi connectivity index (χ3v) is 5.03. The molecule has 0 aliphatic carbocycles. The summed E-state index contributed by atoms with van der Waals surface area (Å²) in [4.78, 5) is 31.7. The largest absolute Gasteiger partial charge is 0.350 e. The topological polar surface area (TPSA) is 92.2 Å². The number of halogens is 1. The van der Waals surface area contributed by atoms with Crippen molar-refractivity contribution in [2.24, 2.45) is 0 Å². The summed E-state index contributed by atoms with van der Waals surface area (Å²) in [7, 11) is 0. The second-order valence-electron chi connectivity index (χ2n) is 6.26. The number of fused-ring (bicyclic) bond motifs is 1. The van der Waals surface area contributed by atoms with E-state index in [1.165, 1.54) is 22.7 Å². The average Bonchev–Trinajstić information content (AvgIpc) is 3.03. The fourth-order valence-electron chi connectivity index (χ4n) is 2.94. The van der Waals surface area contributed by atoms with Crippen molar-refractivity contribution in [2.75, 3.05) is 11.1 Å². The number of aromatic amines is 1. The molecule has 0 unspecified atom stereocenters. The van der Waals surface area contributed by atoms with Gasteiger partial charge in [0.15, 0.2) is 10.8 Å². The lowest BCUT2D eigenvalue weighted by Crippen LogP contribution is -2.20. The lowest BCUT2D eigenvalue weighted by molar-refractivity contribution is -0.113. The second-order valence-corrected chi connectivity index (χ2v) is 7.22. The number of hydrogen-bond donors (Lipinski definition) is 2. The van der Waals surface area contributed by atoms with Crippen LogP contribution in [-0.4, -0.2) is 31.2 Å². The maximum Gasteiger partial charge on any atom is 0.350 e. The van der Waals surface area contributed by atoms with E-state index in [4.69, 9.17) is 0 Å². The third-order valence-electron chi connectivity index (χ3n) is 4.16. The first kappa shape index (κ1) is 18.9. The molecule has 0 aliphatic heterocycles. The quantitative estimate of drug-likeness (QED) is 0.494. The first-order chi connectivity index (χ1) is 14.0. The van der Waals surface area contributed by atoms with Gasteiger partial charge in [0.1, 0.15) is 5.82 Å². The minimum Gasteiger partial charge on any atom is -0.325 e. The van der Waals surface area contributed by atoms with Crippen molar-refractivity contribution in [3.05, 3.63) is 76.6 Å². The van der Waals surface area contributed by atoms with Gasteiger partial charge in [-0.3, -0.25) is 9.78 Å². The lowest BCUT2D eigenvalue weighted by Gasteiger charge is -2.05. The Bertz CT molecular complexity index is 1250. The van der Waals surface area contributed by atoms with E-state index in [1.807, 2.05) is 37.3 Å². The molecule has 0 saturated carbocycles. The molecule has 0 saturated heterocycles. The van der Waals surface area contributed by atoms with Crippen molar-refractivity contribution in [2.45, 2.75) is 12.1 Å². The lowest BCUT2D eigenvalue weighted by atomic mass is 10.1. The van der Waals surface area contributed by atoms with Crippen LogP contribution >= 0.6 is 11.8 Å². The number of amides is 1. The molecule has 0 radical (unpaired) electrons. The van der Waals surface area contributed by atoms with Gasteiger partial charge in [0.25, 0.3) is 0 Å². The van der Waals surface area contributed by atoms with Crippen molar-refractivity contribution in [3.8, 4) is 11.1 Å².